The van der Waals surface area contributed by atoms with Gasteiger partial charge in [-0.1, -0.05) is 0 Å². The molecule has 0 radical (unpaired) electrons. The van der Waals surface area contributed by atoms with Gasteiger partial charge in [0.1, 0.15) is 0 Å². The van der Waals surface area contributed by atoms with E-state index in [1.165, 1.54) is 10.6 Å². The Labute approximate surface area is 106 Å². The third kappa shape index (κ3) is 3.14. The van der Waals surface area contributed by atoms with E-state index in [1.54, 1.807) is 11.3 Å². The summed E-state index contributed by atoms with van der Waals surface area (Å²) < 4.78 is 1.86. The minimum atomic E-state index is 0.337. The van der Waals surface area contributed by atoms with Crippen LogP contribution in [0, 0.1) is 6.92 Å². The zero-order valence-corrected chi connectivity index (χ0v) is 11.3. The number of nitrogens with one attached hydrogen (secondary N) is 1. The summed E-state index contributed by atoms with van der Waals surface area (Å²) in [5, 5.41) is 11.1. The van der Waals surface area contributed by atoms with Crippen LogP contribution < -0.4 is 5.32 Å². The first kappa shape index (κ1) is 12.3. The van der Waals surface area contributed by atoms with E-state index in [0.717, 1.165) is 18.7 Å². The Morgan fingerprint density at radius 2 is 2.35 bits per heavy atom. The molecule has 0 saturated carbocycles. The summed E-state index contributed by atoms with van der Waals surface area (Å²) in [6, 6.07) is 0.337. The summed E-state index contributed by atoms with van der Waals surface area (Å²) in [5.41, 5.74) is 2.37. The second-order valence-corrected chi connectivity index (χ2v) is 5.17. The van der Waals surface area contributed by atoms with Crippen LogP contribution in [-0.2, 0) is 13.5 Å². The number of hydrogen-bond acceptors (Lipinski definition) is 4. The van der Waals surface area contributed by atoms with Crippen LogP contribution in [-0.4, -0.2) is 21.3 Å². The van der Waals surface area contributed by atoms with E-state index in [9.17, 15) is 0 Å². The SMILES string of the molecule is Cc1nn(C)cc1C(C)NCCc1nccs1. The van der Waals surface area contributed by atoms with Gasteiger partial charge in [0.05, 0.1) is 10.7 Å². The molecule has 1 N–H and O–H groups in total. The zero-order valence-electron chi connectivity index (χ0n) is 10.5. The fourth-order valence-corrected chi connectivity index (χ4v) is 2.55. The highest BCUT2D eigenvalue weighted by Gasteiger charge is 2.10. The van der Waals surface area contributed by atoms with Gasteiger partial charge < -0.3 is 5.32 Å². The van der Waals surface area contributed by atoms with E-state index in [1.807, 2.05) is 30.2 Å². The largest absolute Gasteiger partial charge is 0.310 e. The van der Waals surface area contributed by atoms with Gasteiger partial charge in [-0.05, 0) is 13.8 Å². The van der Waals surface area contributed by atoms with E-state index >= 15 is 0 Å². The Morgan fingerprint density at radius 1 is 1.53 bits per heavy atom. The topological polar surface area (TPSA) is 42.7 Å². The minimum Gasteiger partial charge on any atom is -0.310 e. The van der Waals surface area contributed by atoms with Gasteiger partial charge in [0.25, 0.3) is 0 Å². The predicted octanol–water partition coefficient (Wildman–Crippen LogP) is 2.08. The van der Waals surface area contributed by atoms with E-state index in [0.29, 0.717) is 6.04 Å². The summed E-state index contributed by atoms with van der Waals surface area (Å²) in [6.45, 7) is 5.17. The maximum atomic E-state index is 4.36. The number of rotatable bonds is 5. The Balaban J connectivity index is 1.85. The molecule has 0 bridgehead atoms. The molecule has 0 aliphatic carbocycles. The van der Waals surface area contributed by atoms with Gasteiger partial charge in [-0.15, -0.1) is 11.3 Å². The molecule has 0 aliphatic rings. The smallest absolute Gasteiger partial charge is 0.0937 e. The van der Waals surface area contributed by atoms with Crippen molar-refractivity contribution in [2.75, 3.05) is 6.54 Å². The molecule has 1 atom stereocenters. The highest BCUT2D eigenvalue weighted by Crippen LogP contribution is 2.15. The van der Waals surface area contributed by atoms with Gasteiger partial charge in [-0.25, -0.2) is 4.98 Å². The van der Waals surface area contributed by atoms with E-state index in [2.05, 4.69) is 28.5 Å². The molecule has 2 rings (SSSR count). The van der Waals surface area contributed by atoms with Crippen molar-refractivity contribution in [1.29, 1.82) is 0 Å². The average Bonchev–Trinajstić information content (AvgIpc) is 2.88. The molecule has 0 aromatic carbocycles. The predicted molar refractivity (Wildman–Crippen MR) is 70.2 cm³/mol. The van der Waals surface area contributed by atoms with Gasteiger partial charge in [0.2, 0.25) is 0 Å². The molecule has 0 fully saturated rings. The summed E-state index contributed by atoms with van der Waals surface area (Å²) in [6.07, 6.45) is 4.92. The van der Waals surface area contributed by atoms with Crippen molar-refractivity contribution < 1.29 is 0 Å². The molecular formula is C12H18N4S. The first-order valence-corrected chi connectivity index (χ1v) is 6.66. The molecule has 2 aromatic heterocycles. The van der Waals surface area contributed by atoms with Crippen molar-refractivity contribution in [3.63, 3.8) is 0 Å². The fourth-order valence-electron chi connectivity index (χ4n) is 1.93. The Morgan fingerprint density at radius 3 is 2.94 bits per heavy atom. The van der Waals surface area contributed by atoms with Crippen molar-refractivity contribution in [2.45, 2.75) is 26.3 Å². The highest BCUT2D eigenvalue weighted by atomic mass is 32.1. The molecule has 2 aromatic rings. The molecule has 4 nitrogen and oxygen atoms in total. The number of nitrogens with zero attached hydrogens (tertiary/aromatic N) is 3. The van der Waals surface area contributed by atoms with Crippen LogP contribution in [0.15, 0.2) is 17.8 Å². The van der Waals surface area contributed by atoms with Crippen LogP contribution in [0.4, 0.5) is 0 Å². The van der Waals surface area contributed by atoms with Crippen LogP contribution in [0.5, 0.6) is 0 Å². The van der Waals surface area contributed by atoms with Crippen molar-refractivity contribution in [3.8, 4) is 0 Å². The number of aryl methyl sites for hydroxylation is 2. The van der Waals surface area contributed by atoms with Crippen molar-refractivity contribution in [3.05, 3.63) is 34.0 Å². The minimum absolute atomic E-state index is 0.337. The monoisotopic (exact) mass is 250 g/mol. The zero-order chi connectivity index (χ0) is 12.3. The van der Waals surface area contributed by atoms with E-state index in [4.69, 9.17) is 0 Å². The molecule has 0 aliphatic heterocycles. The van der Waals surface area contributed by atoms with Crippen molar-refractivity contribution in [2.24, 2.45) is 7.05 Å². The molecule has 0 amide bonds. The van der Waals surface area contributed by atoms with E-state index < -0.39 is 0 Å². The molecule has 0 saturated heterocycles. The van der Waals surface area contributed by atoms with Crippen LogP contribution in [0.25, 0.3) is 0 Å². The van der Waals surface area contributed by atoms with Crippen LogP contribution in [0.2, 0.25) is 0 Å². The van der Waals surface area contributed by atoms with Crippen molar-refractivity contribution in [1.82, 2.24) is 20.1 Å². The van der Waals surface area contributed by atoms with Crippen molar-refractivity contribution >= 4 is 11.3 Å². The van der Waals surface area contributed by atoms with Gasteiger partial charge >= 0.3 is 0 Å². The van der Waals surface area contributed by atoms with E-state index in [-0.39, 0.29) is 0 Å². The van der Waals surface area contributed by atoms with Crippen LogP contribution >= 0.6 is 11.3 Å². The average molecular weight is 250 g/mol. The van der Waals surface area contributed by atoms with Gasteiger partial charge in [0.15, 0.2) is 0 Å². The highest BCUT2D eigenvalue weighted by molar-refractivity contribution is 7.09. The molecule has 17 heavy (non-hydrogen) atoms. The third-order valence-electron chi connectivity index (χ3n) is 2.79. The summed E-state index contributed by atoms with van der Waals surface area (Å²) >= 11 is 1.71. The number of hydrogen-bond donors (Lipinski definition) is 1. The standard InChI is InChI=1S/C12H18N4S/c1-9(11-8-16(3)15-10(11)2)13-5-4-12-14-6-7-17-12/h6-9,13H,4-5H2,1-3H3. The molecule has 5 heteroatoms. The summed E-state index contributed by atoms with van der Waals surface area (Å²) in [4.78, 5) is 4.27. The summed E-state index contributed by atoms with van der Waals surface area (Å²) in [5.74, 6) is 0. The Kier molecular flexibility index (Phi) is 3.91. The lowest BCUT2D eigenvalue weighted by molar-refractivity contribution is 0.573. The Bertz CT molecular complexity index is 461. The van der Waals surface area contributed by atoms with Gasteiger partial charge in [0, 0.05) is 49.4 Å². The van der Waals surface area contributed by atoms with Gasteiger partial charge in [-0.3, -0.25) is 4.68 Å². The molecule has 2 heterocycles. The lowest BCUT2D eigenvalue weighted by atomic mass is 10.1. The fraction of sp³-hybridized carbons (Fsp3) is 0.500. The second kappa shape index (κ2) is 5.42. The molecule has 0 spiro atoms. The third-order valence-corrected chi connectivity index (χ3v) is 3.63. The number of aromatic nitrogens is 3. The first-order valence-electron chi connectivity index (χ1n) is 5.78. The molecular weight excluding hydrogens is 232 g/mol. The number of thiazole rings is 1. The van der Waals surface area contributed by atoms with Gasteiger partial charge in [-0.2, -0.15) is 5.10 Å². The lowest BCUT2D eigenvalue weighted by Gasteiger charge is -2.12. The quantitative estimate of drug-likeness (QED) is 0.883. The first-order chi connectivity index (χ1) is 8.16. The molecule has 1 unspecified atom stereocenters. The maximum Gasteiger partial charge on any atom is 0.0937 e. The summed E-state index contributed by atoms with van der Waals surface area (Å²) in [7, 11) is 1.96. The maximum absolute atomic E-state index is 4.36. The lowest BCUT2D eigenvalue weighted by Crippen LogP contribution is -2.21. The Hall–Kier alpha value is -1.20. The second-order valence-electron chi connectivity index (χ2n) is 4.20. The normalized spacial score (nSPS) is 12.9. The van der Waals surface area contributed by atoms with Crippen LogP contribution in [0.1, 0.15) is 29.2 Å². The molecule has 92 valence electrons. The van der Waals surface area contributed by atoms with Crippen LogP contribution in [0.3, 0.4) is 0 Å².